The molecule has 0 heterocycles. The summed E-state index contributed by atoms with van der Waals surface area (Å²) in [5.74, 6) is 0. The number of rotatable bonds is 0. The molecule has 4 nitrogen and oxygen atoms in total. The van der Waals surface area contributed by atoms with Crippen LogP contribution < -0.4 is 0 Å². The molecule has 0 saturated heterocycles. The van der Waals surface area contributed by atoms with Crippen molar-refractivity contribution in [2.24, 2.45) is 0 Å². The zero-order valence-electron chi connectivity index (χ0n) is 2.30. The molecule has 5 heavy (non-hydrogen) atoms. The van der Waals surface area contributed by atoms with E-state index in [0.717, 1.165) is 0 Å². The Morgan fingerprint density at radius 2 is 1.20 bits per heavy atom. The topological polar surface area (TPSA) is 88.2 Å². The van der Waals surface area contributed by atoms with E-state index in [2.05, 4.69) is 0 Å². The van der Waals surface area contributed by atoms with Gasteiger partial charge in [0.1, 0.15) is 0 Å². The van der Waals surface area contributed by atoms with Gasteiger partial charge in [-0.05, 0) is 0 Å². The van der Waals surface area contributed by atoms with Crippen LogP contribution in [0.25, 0.3) is 0 Å². The third-order valence-electron chi connectivity index (χ3n) is 0. The summed E-state index contributed by atoms with van der Waals surface area (Å²) in [6.07, 6.45) is 0. The monoisotopic (exact) mass is 144 g/mol. The minimum absolute atomic E-state index is 4.25. The molecule has 0 amide bonds. The van der Waals surface area contributed by atoms with E-state index in [4.69, 9.17) is 17.1 Å². The predicted molar refractivity (Wildman–Crippen MR) is 15.6 cm³/mol. The van der Waals surface area contributed by atoms with Crippen molar-refractivity contribution in [3.63, 3.8) is 0 Å². The molecule has 0 aliphatic heterocycles. The first-order chi connectivity index (χ1) is 2.00. The number of hydrogen-bond acceptors (Lipinski definition) is 2. The van der Waals surface area contributed by atoms with Gasteiger partial charge in [0.05, 0.1) is 0 Å². The fourth-order valence-electron chi connectivity index (χ4n) is 0. The molecule has 0 aromatic rings. The van der Waals surface area contributed by atoms with E-state index in [1.165, 1.54) is 0 Å². The first-order valence-corrected chi connectivity index (χ1v) is 4.02. The maximum atomic E-state index is 7.57. The Balaban J connectivity index is 4.06. The quantitative estimate of drug-likeness (QED) is 0.331. The van der Waals surface area contributed by atoms with Gasteiger partial charge in [-0.3, -0.25) is 0 Å². The van der Waals surface area contributed by atoms with Crippen LogP contribution in [-0.2, 0) is 0 Å². The number of hydrogen-bond donors (Lipinski definition) is 4. The Labute approximate surface area is 31.1 Å². The third kappa shape index (κ3) is 10800. The number of nitrogens with one attached hydrogen (secondary N) is 2. The summed E-state index contributed by atoms with van der Waals surface area (Å²) < 4.78 is 26.9. The summed E-state index contributed by atoms with van der Waals surface area (Å²) in [5, 5.41) is 0. The van der Waals surface area contributed by atoms with Crippen LogP contribution in [0, 0.1) is 8.76 Å². The summed E-state index contributed by atoms with van der Waals surface area (Å²) in [6, 6.07) is 0. The Bertz CT molecular complexity index is 90.8. The Morgan fingerprint density at radius 3 is 1.20 bits per heavy atom. The Morgan fingerprint density at radius 1 is 1.20 bits per heavy atom. The van der Waals surface area contributed by atoms with Gasteiger partial charge in [0.15, 0.2) is 0 Å². The van der Waals surface area contributed by atoms with E-state index in [0.29, 0.717) is 0 Å². The molecular formula is H4N2O2Se. The first-order valence-electron chi connectivity index (χ1n) is 0.773. The molecule has 0 aliphatic rings. The van der Waals surface area contributed by atoms with Gasteiger partial charge in [0.25, 0.3) is 0 Å². The zero-order valence-corrected chi connectivity index (χ0v) is 4.02. The van der Waals surface area contributed by atoms with Crippen LogP contribution in [0.1, 0.15) is 0 Å². The zero-order chi connectivity index (χ0) is 4.50. The van der Waals surface area contributed by atoms with Crippen molar-refractivity contribution in [3.8, 4) is 0 Å². The van der Waals surface area contributed by atoms with Gasteiger partial charge in [-0.25, -0.2) is 0 Å². The van der Waals surface area contributed by atoms with Gasteiger partial charge in [-0.15, -0.1) is 0 Å². The molecule has 0 saturated carbocycles. The molecule has 0 spiro atoms. The molecule has 0 aromatic carbocycles. The Hall–Kier alpha value is 0.0395. The van der Waals surface area contributed by atoms with Crippen LogP contribution in [0.4, 0.5) is 0 Å². The van der Waals surface area contributed by atoms with Gasteiger partial charge < -0.3 is 0 Å². The van der Waals surface area contributed by atoms with E-state index >= 15 is 0 Å². The van der Waals surface area contributed by atoms with Crippen molar-refractivity contribution in [2.45, 2.75) is 0 Å². The standard InChI is InChI=1S/H4N2O2Se/c1-5(2,3)4/h(H4,1,2,3,4). The summed E-state index contributed by atoms with van der Waals surface area (Å²) in [7, 11) is 0. The second kappa shape index (κ2) is 1.02. The summed E-state index contributed by atoms with van der Waals surface area (Å²) in [6.45, 7) is 0. The molecule has 0 atom stereocenters. The molecule has 0 radical (unpaired) electrons. The van der Waals surface area contributed by atoms with Crippen molar-refractivity contribution in [1.82, 2.24) is 0 Å². The molecule has 32 valence electrons. The molecule has 0 aromatic heterocycles. The van der Waals surface area contributed by atoms with Gasteiger partial charge in [-0.2, -0.15) is 0 Å². The van der Waals surface area contributed by atoms with Crippen LogP contribution in [-0.4, -0.2) is 21.5 Å². The SMILES string of the molecule is N=[Se](=N)(O)O. The van der Waals surface area contributed by atoms with Gasteiger partial charge >= 0.3 is 30.3 Å². The average molecular weight is 143 g/mol. The van der Waals surface area contributed by atoms with Crippen molar-refractivity contribution < 1.29 is 8.38 Å². The summed E-state index contributed by atoms with van der Waals surface area (Å²) in [5.41, 5.74) is 0. The van der Waals surface area contributed by atoms with Crippen LogP contribution in [0.3, 0.4) is 0 Å². The molecule has 0 bridgehead atoms. The summed E-state index contributed by atoms with van der Waals surface area (Å²) in [4.78, 5) is 0. The fourth-order valence-corrected chi connectivity index (χ4v) is 0. The average Bonchev–Trinajstić information content (AvgIpc) is 0.722. The molecule has 5 heteroatoms. The van der Waals surface area contributed by atoms with E-state index < -0.39 is 13.1 Å². The van der Waals surface area contributed by atoms with Crippen LogP contribution in [0.15, 0.2) is 0 Å². The molecule has 0 rings (SSSR count). The van der Waals surface area contributed by atoms with E-state index in [1.807, 2.05) is 0 Å². The molecule has 0 unspecified atom stereocenters. The Kier molecular flexibility index (Phi) is 1.03. The molecule has 0 aliphatic carbocycles. The van der Waals surface area contributed by atoms with Crippen molar-refractivity contribution in [2.75, 3.05) is 0 Å². The van der Waals surface area contributed by atoms with Crippen LogP contribution in [0.5, 0.6) is 0 Å². The molecular weight excluding hydrogens is 139 g/mol. The molecule has 0 fully saturated rings. The van der Waals surface area contributed by atoms with Crippen LogP contribution in [0.2, 0.25) is 0 Å². The molecule has 4 N–H and O–H groups in total. The predicted octanol–water partition coefficient (Wildman–Crippen LogP) is -0.899. The maximum absolute atomic E-state index is 7.57. The van der Waals surface area contributed by atoms with Gasteiger partial charge in [0, 0.05) is 0 Å². The first kappa shape index (κ1) is 5.04. The van der Waals surface area contributed by atoms with E-state index in [-0.39, 0.29) is 0 Å². The minimum atomic E-state index is -4.25. The normalized spacial score (nSPS) is 11.6. The third-order valence-corrected chi connectivity index (χ3v) is 0. The second-order valence-electron chi connectivity index (χ2n) is 0.549. The second-order valence-corrected chi connectivity index (χ2v) is 2.85. The van der Waals surface area contributed by atoms with Gasteiger partial charge in [-0.1, -0.05) is 0 Å². The fraction of sp³-hybridized carbons (Fsp3) is 0. The van der Waals surface area contributed by atoms with Crippen molar-refractivity contribution in [3.05, 3.63) is 0 Å². The van der Waals surface area contributed by atoms with E-state index in [9.17, 15) is 0 Å². The van der Waals surface area contributed by atoms with Gasteiger partial charge in [0.2, 0.25) is 0 Å². The van der Waals surface area contributed by atoms with E-state index in [1.54, 1.807) is 0 Å². The van der Waals surface area contributed by atoms with Crippen LogP contribution >= 0.6 is 0 Å². The van der Waals surface area contributed by atoms with Crippen molar-refractivity contribution in [1.29, 1.82) is 8.76 Å². The summed E-state index contributed by atoms with van der Waals surface area (Å²) >= 11 is -4.25. The van der Waals surface area contributed by atoms with Crippen molar-refractivity contribution >= 4 is 13.1 Å².